The molecule has 0 aromatic heterocycles. The van der Waals surface area contributed by atoms with Crippen molar-refractivity contribution in [2.45, 2.75) is 12.3 Å². The Kier molecular flexibility index (Phi) is 2.52. The molecule has 1 amide bonds. The van der Waals surface area contributed by atoms with E-state index in [0.29, 0.717) is 6.54 Å². The molecule has 0 bridgehead atoms. The lowest BCUT2D eigenvalue weighted by molar-refractivity contribution is -0.119. The van der Waals surface area contributed by atoms with E-state index in [1.807, 2.05) is 35.2 Å². The molecule has 0 saturated carbocycles. The van der Waals surface area contributed by atoms with Gasteiger partial charge in [0, 0.05) is 24.5 Å². The molecule has 3 heteroatoms. The lowest BCUT2D eigenvalue weighted by Gasteiger charge is -2.21. The zero-order valence-electron chi connectivity index (χ0n) is 11.2. The van der Waals surface area contributed by atoms with Crippen LogP contribution in [0, 0.1) is 0 Å². The molecule has 2 aliphatic heterocycles. The van der Waals surface area contributed by atoms with Gasteiger partial charge in [-0.05, 0) is 29.7 Å². The zero-order valence-corrected chi connectivity index (χ0v) is 11.2. The topological polar surface area (TPSA) is 32.3 Å². The van der Waals surface area contributed by atoms with E-state index in [-0.39, 0.29) is 11.8 Å². The fourth-order valence-electron chi connectivity index (χ4n) is 3.26. The van der Waals surface area contributed by atoms with Crippen LogP contribution in [-0.2, 0) is 11.2 Å². The number of nitrogens with zero attached hydrogens (tertiary/aromatic N) is 1. The van der Waals surface area contributed by atoms with Crippen molar-refractivity contribution < 1.29 is 4.79 Å². The first-order valence-corrected chi connectivity index (χ1v) is 7.06. The Hall–Kier alpha value is -2.29. The molecule has 0 radical (unpaired) electrons. The number of rotatable bonds is 1. The maximum atomic E-state index is 12.9. The molecule has 1 unspecified atom stereocenters. The van der Waals surface area contributed by atoms with Gasteiger partial charge in [-0.1, -0.05) is 36.4 Å². The van der Waals surface area contributed by atoms with Crippen molar-refractivity contribution in [1.29, 1.82) is 0 Å². The smallest absolute Gasteiger partial charge is 0.236 e. The van der Waals surface area contributed by atoms with Gasteiger partial charge < -0.3 is 10.2 Å². The summed E-state index contributed by atoms with van der Waals surface area (Å²) in [6.45, 7) is 1.51. The van der Waals surface area contributed by atoms with Gasteiger partial charge in [-0.15, -0.1) is 0 Å². The predicted octanol–water partition coefficient (Wildman–Crippen LogP) is 2.79. The first kappa shape index (κ1) is 11.5. The van der Waals surface area contributed by atoms with Crippen LogP contribution in [0.4, 0.5) is 11.4 Å². The van der Waals surface area contributed by atoms with E-state index in [9.17, 15) is 4.79 Å². The van der Waals surface area contributed by atoms with E-state index in [0.717, 1.165) is 29.9 Å². The van der Waals surface area contributed by atoms with Gasteiger partial charge in [0.1, 0.15) is 0 Å². The summed E-state index contributed by atoms with van der Waals surface area (Å²) in [6.07, 6.45) is 0.962. The molecule has 0 fully saturated rings. The minimum atomic E-state index is -0.0580. The summed E-state index contributed by atoms with van der Waals surface area (Å²) in [4.78, 5) is 14.8. The van der Waals surface area contributed by atoms with Crippen LogP contribution in [0.25, 0.3) is 0 Å². The van der Waals surface area contributed by atoms with Crippen LogP contribution in [-0.4, -0.2) is 19.0 Å². The largest absolute Gasteiger partial charge is 0.384 e. The Balaban J connectivity index is 1.67. The molecule has 2 aromatic rings. The Morgan fingerprint density at radius 2 is 1.90 bits per heavy atom. The first-order valence-electron chi connectivity index (χ1n) is 7.06. The van der Waals surface area contributed by atoms with Crippen LogP contribution in [0.1, 0.15) is 17.0 Å². The third-order valence-corrected chi connectivity index (χ3v) is 4.28. The fourth-order valence-corrected chi connectivity index (χ4v) is 3.26. The summed E-state index contributed by atoms with van der Waals surface area (Å²) in [5.74, 6) is 0.157. The molecule has 2 heterocycles. The number of hydrogen-bond acceptors (Lipinski definition) is 2. The molecule has 1 N–H and O–H groups in total. The summed E-state index contributed by atoms with van der Waals surface area (Å²) in [7, 11) is 0. The van der Waals surface area contributed by atoms with Crippen molar-refractivity contribution in [3.63, 3.8) is 0 Å². The number of anilines is 2. The van der Waals surface area contributed by atoms with Crippen molar-refractivity contribution in [3.05, 3.63) is 59.7 Å². The average Bonchev–Trinajstić information content (AvgIpc) is 3.11. The molecule has 4 rings (SSSR count). The Bertz CT molecular complexity index is 623. The number of hydrogen-bond donors (Lipinski definition) is 1. The van der Waals surface area contributed by atoms with E-state index in [1.54, 1.807) is 0 Å². The minimum Gasteiger partial charge on any atom is -0.384 e. The molecule has 20 heavy (non-hydrogen) atoms. The van der Waals surface area contributed by atoms with Crippen LogP contribution in [0.5, 0.6) is 0 Å². The molecule has 0 saturated heterocycles. The Labute approximate surface area is 118 Å². The third-order valence-electron chi connectivity index (χ3n) is 4.28. The number of nitrogens with one attached hydrogen (secondary N) is 1. The second-order valence-electron chi connectivity index (χ2n) is 5.39. The third kappa shape index (κ3) is 1.63. The summed E-state index contributed by atoms with van der Waals surface area (Å²) < 4.78 is 0. The highest BCUT2D eigenvalue weighted by Gasteiger charge is 2.34. The molecular weight excluding hydrogens is 248 g/mol. The number of para-hydroxylation sites is 2. The number of carbonyl (C=O) groups is 1. The molecule has 100 valence electrons. The average molecular weight is 264 g/mol. The summed E-state index contributed by atoms with van der Waals surface area (Å²) in [6, 6.07) is 16.3. The van der Waals surface area contributed by atoms with E-state index >= 15 is 0 Å². The van der Waals surface area contributed by atoms with E-state index in [2.05, 4.69) is 23.5 Å². The monoisotopic (exact) mass is 264 g/mol. The fraction of sp³-hybridized carbons (Fsp3) is 0.235. The van der Waals surface area contributed by atoms with Gasteiger partial charge >= 0.3 is 0 Å². The first-order chi connectivity index (χ1) is 9.84. The van der Waals surface area contributed by atoms with Gasteiger partial charge in [0.15, 0.2) is 0 Å². The van der Waals surface area contributed by atoms with E-state index in [1.165, 1.54) is 5.56 Å². The predicted molar refractivity (Wildman–Crippen MR) is 80.2 cm³/mol. The zero-order chi connectivity index (χ0) is 13.5. The summed E-state index contributed by atoms with van der Waals surface area (Å²) in [5, 5.41) is 3.33. The van der Waals surface area contributed by atoms with Gasteiger partial charge in [0.25, 0.3) is 0 Å². The number of benzene rings is 2. The maximum Gasteiger partial charge on any atom is 0.236 e. The van der Waals surface area contributed by atoms with Crippen molar-refractivity contribution in [1.82, 2.24) is 0 Å². The number of carbonyl (C=O) groups excluding carboxylic acids is 1. The molecule has 0 spiro atoms. The van der Waals surface area contributed by atoms with Crippen molar-refractivity contribution in [3.8, 4) is 0 Å². The Morgan fingerprint density at radius 3 is 2.85 bits per heavy atom. The standard InChI is InChI=1S/C17H16N2O/c20-17(14-11-18-15-7-3-2-6-13(14)15)19-10-9-12-5-1-4-8-16(12)19/h1-8,14,18H,9-11H2. The summed E-state index contributed by atoms with van der Waals surface area (Å²) >= 11 is 0. The van der Waals surface area contributed by atoms with Crippen molar-refractivity contribution >= 4 is 17.3 Å². The van der Waals surface area contributed by atoms with Gasteiger partial charge in [-0.3, -0.25) is 4.79 Å². The molecule has 2 aromatic carbocycles. The highest BCUT2D eigenvalue weighted by molar-refractivity contribution is 6.01. The molecule has 3 nitrogen and oxygen atoms in total. The molecular formula is C17H16N2O. The van der Waals surface area contributed by atoms with Crippen LogP contribution in [0.3, 0.4) is 0 Å². The minimum absolute atomic E-state index is 0.0580. The van der Waals surface area contributed by atoms with Gasteiger partial charge in [-0.2, -0.15) is 0 Å². The second kappa shape index (κ2) is 4.37. The van der Waals surface area contributed by atoms with Crippen LogP contribution < -0.4 is 10.2 Å². The molecule has 1 atom stereocenters. The van der Waals surface area contributed by atoms with Crippen LogP contribution in [0.2, 0.25) is 0 Å². The van der Waals surface area contributed by atoms with Crippen LogP contribution >= 0.6 is 0 Å². The quantitative estimate of drug-likeness (QED) is 0.859. The van der Waals surface area contributed by atoms with E-state index < -0.39 is 0 Å². The lowest BCUT2D eigenvalue weighted by atomic mass is 10.00. The SMILES string of the molecule is O=C(C1CNc2ccccc21)N1CCc2ccccc21. The van der Waals surface area contributed by atoms with Crippen molar-refractivity contribution in [2.75, 3.05) is 23.3 Å². The molecule has 2 aliphatic rings. The highest BCUT2D eigenvalue weighted by atomic mass is 16.2. The van der Waals surface area contributed by atoms with Gasteiger partial charge in [-0.25, -0.2) is 0 Å². The van der Waals surface area contributed by atoms with Crippen LogP contribution in [0.15, 0.2) is 48.5 Å². The number of amides is 1. The van der Waals surface area contributed by atoms with Crippen molar-refractivity contribution in [2.24, 2.45) is 0 Å². The summed E-state index contributed by atoms with van der Waals surface area (Å²) in [5.41, 5.74) is 4.59. The number of fused-ring (bicyclic) bond motifs is 2. The van der Waals surface area contributed by atoms with E-state index in [4.69, 9.17) is 0 Å². The Morgan fingerprint density at radius 1 is 1.10 bits per heavy atom. The highest BCUT2D eigenvalue weighted by Crippen LogP contribution is 2.36. The lowest BCUT2D eigenvalue weighted by Crippen LogP contribution is -2.34. The normalized spacial score (nSPS) is 19.4. The van der Waals surface area contributed by atoms with Gasteiger partial charge in [0.2, 0.25) is 5.91 Å². The maximum absolute atomic E-state index is 12.9. The van der Waals surface area contributed by atoms with Gasteiger partial charge in [0.05, 0.1) is 5.92 Å². The second-order valence-corrected chi connectivity index (χ2v) is 5.39. The molecule has 0 aliphatic carbocycles.